The van der Waals surface area contributed by atoms with Crippen molar-refractivity contribution in [2.75, 3.05) is 0 Å². The molecule has 8 saturated carbocycles. The third-order valence-electron chi connectivity index (χ3n) is 30.5. The Hall–Kier alpha value is -4.39. The van der Waals surface area contributed by atoms with Crippen molar-refractivity contribution in [3.05, 3.63) is 210 Å². The Morgan fingerprint density at radius 1 is 0.197 bits per heavy atom. The van der Waals surface area contributed by atoms with Gasteiger partial charge in [0.1, 0.15) is 0 Å². The Labute approximate surface area is 734 Å². The largest absolute Gasteiger partial charge is 0.0841 e. The van der Waals surface area contributed by atoms with Crippen molar-refractivity contribution in [1.29, 1.82) is 0 Å². The molecule has 8 aliphatic rings. The molecule has 0 nitrogen and oxygen atoms in total. The first-order chi connectivity index (χ1) is 55.3. The molecule has 660 valence electrons. The molecule has 0 N–H and O–H groups in total. The van der Waals surface area contributed by atoms with Crippen LogP contribution in [-0.2, 0) is 0 Å². The summed E-state index contributed by atoms with van der Waals surface area (Å²) in [6.07, 6.45) is 46.7. The van der Waals surface area contributed by atoms with Gasteiger partial charge in [-0.2, -0.15) is 0 Å². The van der Waals surface area contributed by atoms with E-state index in [1.807, 2.05) is 19.1 Å². The quantitative estimate of drug-likeness (QED) is 0.156. The lowest BCUT2D eigenvalue weighted by atomic mass is 9.68. The topological polar surface area (TPSA) is 0 Å². The Bertz CT molecular complexity index is 3240. The number of halogens is 1. The molecule has 8 aliphatic carbocycles. The highest BCUT2D eigenvalue weighted by atomic mass is 35.5. The smallest absolute Gasteiger partial charge is 0.0435 e. The van der Waals surface area contributed by atoms with Crippen LogP contribution in [0.25, 0.3) is 0 Å². The number of rotatable bonds is 6. The SMILES string of the molecule is CC1CCC(C)CC1.CC1CCC(CC2CCC(C)C(C)C2)CC1C.CC1CCC(CC2CCC(C)C(C)C2)CC1C.CC1CCC(CC2CCC(C)CC2)CC1.CC1CCCC(C)C1.Cc1cc(C)c(C)cc1C.Cc1ccc(C)c(C)c1.Cc1ccc(C)cc1.Cc1ccc(Cl)c(C)c1.Cc1cccc(C)c1.Cc1ccccc1C. The maximum Gasteiger partial charge on any atom is 0.0435 e. The van der Waals surface area contributed by atoms with Crippen LogP contribution in [0.15, 0.2) is 121 Å². The van der Waals surface area contributed by atoms with Crippen molar-refractivity contribution >= 4 is 11.6 Å². The summed E-state index contributed by atoms with van der Waals surface area (Å²) in [5, 5.41) is 0.848. The van der Waals surface area contributed by atoms with E-state index in [2.05, 4.69) is 303 Å². The van der Waals surface area contributed by atoms with Gasteiger partial charge in [-0.3, -0.25) is 0 Å². The average Bonchev–Trinajstić information content (AvgIpc) is 0.865. The molecule has 0 aromatic heterocycles. The van der Waals surface area contributed by atoms with Crippen LogP contribution in [0.1, 0.15) is 379 Å². The highest BCUT2D eigenvalue weighted by Crippen LogP contribution is 2.45. The first kappa shape index (κ1) is 105. The van der Waals surface area contributed by atoms with Gasteiger partial charge in [0.15, 0.2) is 0 Å². The highest BCUT2D eigenvalue weighted by molar-refractivity contribution is 6.31. The summed E-state index contributed by atoms with van der Waals surface area (Å²) in [4.78, 5) is 0. The fourth-order valence-corrected chi connectivity index (χ4v) is 20.2. The molecule has 6 aromatic rings. The Morgan fingerprint density at radius 3 is 0.701 bits per heavy atom. The molecule has 14 atom stereocenters. The minimum absolute atomic E-state index is 0.848. The molecule has 0 saturated heterocycles. The molecule has 0 amide bonds. The first-order valence-electron chi connectivity index (χ1n) is 49.2. The molecule has 6 aromatic carbocycles. The number of aryl methyl sites for hydroxylation is 15. The predicted molar refractivity (Wildman–Crippen MR) is 527 cm³/mol. The van der Waals surface area contributed by atoms with Crippen LogP contribution in [0.5, 0.6) is 0 Å². The van der Waals surface area contributed by atoms with Crippen molar-refractivity contribution in [3.63, 3.8) is 0 Å². The van der Waals surface area contributed by atoms with Crippen LogP contribution in [0, 0.1) is 222 Å². The molecule has 14 unspecified atom stereocenters. The maximum atomic E-state index is 5.78. The van der Waals surface area contributed by atoms with Crippen LogP contribution in [0.2, 0.25) is 5.02 Å². The summed E-state index contributed by atoms with van der Waals surface area (Å²) in [6.45, 7) is 65.8. The van der Waals surface area contributed by atoms with Gasteiger partial charge in [-0.1, -0.05) is 405 Å². The second kappa shape index (κ2) is 57.1. The molecular formula is C116H189Cl. The first-order valence-corrected chi connectivity index (χ1v) is 49.6. The fraction of sp³-hybridized carbons (Fsp3) is 0.690. The van der Waals surface area contributed by atoms with E-state index in [-0.39, 0.29) is 0 Å². The Kier molecular flexibility index (Phi) is 51.2. The molecule has 8 fully saturated rings. The van der Waals surface area contributed by atoms with Gasteiger partial charge in [-0.15, -0.1) is 0 Å². The second-order valence-electron chi connectivity index (χ2n) is 42.5. The fourth-order valence-electron chi connectivity index (χ4n) is 20.1. The van der Waals surface area contributed by atoms with Crippen molar-refractivity contribution in [2.45, 2.75) is 400 Å². The molecule has 1 heteroatoms. The summed E-state index contributed by atoms with van der Waals surface area (Å²) in [5.41, 5.74) is 20.2. The van der Waals surface area contributed by atoms with E-state index in [9.17, 15) is 0 Å². The van der Waals surface area contributed by atoms with Crippen LogP contribution >= 0.6 is 11.6 Å². The van der Waals surface area contributed by atoms with Gasteiger partial charge in [0.05, 0.1) is 0 Å². The monoisotopic (exact) mass is 1620 g/mol. The lowest BCUT2D eigenvalue weighted by Gasteiger charge is -2.37. The lowest BCUT2D eigenvalue weighted by molar-refractivity contribution is 0.139. The van der Waals surface area contributed by atoms with E-state index >= 15 is 0 Å². The van der Waals surface area contributed by atoms with E-state index in [0.717, 1.165) is 129 Å². The van der Waals surface area contributed by atoms with Gasteiger partial charge in [-0.05, 0) is 330 Å². The van der Waals surface area contributed by atoms with Crippen molar-refractivity contribution in [2.24, 2.45) is 118 Å². The van der Waals surface area contributed by atoms with Crippen LogP contribution in [0.4, 0.5) is 0 Å². The van der Waals surface area contributed by atoms with Crippen LogP contribution in [-0.4, -0.2) is 0 Å². The molecule has 0 bridgehead atoms. The maximum absolute atomic E-state index is 5.78. The van der Waals surface area contributed by atoms with E-state index in [0.29, 0.717) is 0 Å². The van der Waals surface area contributed by atoms with Crippen LogP contribution < -0.4 is 0 Å². The number of hydrogen-bond donors (Lipinski definition) is 0. The van der Waals surface area contributed by atoms with Gasteiger partial charge in [0.2, 0.25) is 0 Å². The summed E-state index contributed by atoms with van der Waals surface area (Å²) in [7, 11) is 0. The zero-order chi connectivity index (χ0) is 86.8. The van der Waals surface area contributed by atoms with Gasteiger partial charge in [-0.25, -0.2) is 0 Å². The van der Waals surface area contributed by atoms with Crippen molar-refractivity contribution in [1.82, 2.24) is 0 Å². The number of hydrogen-bond acceptors (Lipinski definition) is 0. The molecule has 0 radical (unpaired) electrons. The van der Waals surface area contributed by atoms with Gasteiger partial charge in [0, 0.05) is 5.02 Å². The molecule has 0 aliphatic heterocycles. The van der Waals surface area contributed by atoms with E-state index < -0.39 is 0 Å². The third kappa shape index (κ3) is 45.0. The van der Waals surface area contributed by atoms with E-state index in [1.54, 1.807) is 19.3 Å². The third-order valence-corrected chi connectivity index (χ3v) is 30.9. The zero-order valence-corrected chi connectivity index (χ0v) is 83.1. The highest BCUT2D eigenvalue weighted by Gasteiger charge is 2.33. The predicted octanol–water partition coefficient (Wildman–Crippen LogP) is 37.1. The summed E-state index contributed by atoms with van der Waals surface area (Å²) in [6, 6.07) is 42.3. The van der Waals surface area contributed by atoms with E-state index in [4.69, 9.17) is 11.6 Å². The van der Waals surface area contributed by atoms with Crippen LogP contribution in [0.3, 0.4) is 0 Å². The Balaban J connectivity index is 0.000000275. The molecule has 0 spiro atoms. The van der Waals surface area contributed by atoms with Gasteiger partial charge < -0.3 is 0 Å². The molecular weight excluding hydrogens is 1430 g/mol. The molecule has 0 heterocycles. The zero-order valence-electron chi connectivity index (χ0n) is 82.4. The lowest BCUT2D eigenvalue weighted by Crippen LogP contribution is -2.26. The normalized spacial score (nSPS) is 29.1. The second-order valence-corrected chi connectivity index (χ2v) is 42.9. The van der Waals surface area contributed by atoms with Gasteiger partial charge >= 0.3 is 0 Å². The molecule has 14 rings (SSSR count). The Morgan fingerprint density at radius 2 is 0.453 bits per heavy atom. The average molecular weight is 1620 g/mol. The minimum atomic E-state index is 0.848. The standard InChI is InChI=1S/2C17H32.C15H28.C10H14.C9H12.C8H9Cl.C8H16.C8H10.C8H16.2C8H10/c2*1-12-5-7-16(9-14(12)3)11-17-8-6-13(2)15(4)10-17;1-12-3-7-14(8-4-12)11-15-9-5-13(2)6-10-15;1-7-5-9(3)10(4)6-8(7)2;1-7-4-5-8(2)9(3)6-7;1-6-3-4-8(9)7(2)5-6;2*1-7-3-5-8(2)6-4-7;2*1-7-4-3-5-8(2)6-7;1-7-5-3-4-6-8(7)2/h2*12-17H,5-11H2,1-4H3;12-15H,3-11H2,1-2H3;5-6H,1-4H3;4-6H,1-3H3;3-5H,1-2H3;7-8H,3-6H2,1-2H3;3-6H,1-2H3;7-8H,3-6H2,1-2H3;2*3-6H,1-2H3. The van der Waals surface area contributed by atoms with Gasteiger partial charge in [0.25, 0.3) is 0 Å². The molecule has 117 heavy (non-hydrogen) atoms. The summed E-state index contributed by atoms with van der Waals surface area (Å²) < 4.78 is 0. The minimum Gasteiger partial charge on any atom is -0.0841 e. The summed E-state index contributed by atoms with van der Waals surface area (Å²) >= 11 is 5.78. The number of benzene rings is 6. The van der Waals surface area contributed by atoms with Crippen molar-refractivity contribution in [3.8, 4) is 0 Å². The summed E-state index contributed by atoms with van der Waals surface area (Å²) in [5.74, 6) is 20.4. The van der Waals surface area contributed by atoms with Crippen molar-refractivity contribution < 1.29 is 0 Å². The van der Waals surface area contributed by atoms with E-state index in [1.165, 1.54) is 258 Å².